The van der Waals surface area contributed by atoms with Gasteiger partial charge in [-0.1, -0.05) is 11.2 Å². The summed E-state index contributed by atoms with van der Waals surface area (Å²) in [6.45, 7) is 2.40. The monoisotopic (exact) mass is 332 g/mol. The minimum Gasteiger partial charge on any atom is -0.466 e. The number of carbonyl (C=O) groups excluding carboxylic acids is 1. The van der Waals surface area contributed by atoms with Crippen molar-refractivity contribution in [2.45, 2.75) is 32.6 Å². The van der Waals surface area contributed by atoms with Crippen LogP contribution in [0.25, 0.3) is 0 Å². The molecule has 0 aromatic heterocycles. The highest BCUT2D eigenvalue weighted by Gasteiger charge is 2.46. The molecule has 0 aliphatic carbocycles. The van der Waals surface area contributed by atoms with Gasteiger partial charge >= 0.3 is 5.97 Å². The van der Waals surface area contributed by atoms with Crippen LogP contribution in [0.15, 0.2) is 10.8 Å². The van der Waals surface area contributed by atoms with Crippen LogP contribution in [-0.4, -0.2) is 103 Å². The van der Waals surface area contributed by atoms with Crippen LogP contribution in [0.2, 0.25) is 0 Å². The lowest BCUT2D eigenvalue weighted by Gasteiger charge is -2.31. The Morgan fingerprint density at radius 2 is 1.72 bits per heavy atom. The van der Waals surface area contributed by atoms with Gasteiger partial charge < -0.3 is 4.74 Å². The second-order valence-corrected chi connectivity index (χ2v) is 7.61. The lowest BCUT2D eigenvalue weighted by Crippen LogP contribution is -2.70. The third-order valence-electron chi connectivity index (χ3n) is 4.35. The number of hydrogen-bond acceptors (Lipinski definition) is 3. The topological polar surface area (TPSA) is 26.3 Å². The van der Waals surface area contributed by atoms with Gasteiger partial charge in [0.05, 0.1) is 6.61 Å². The van der Waals surface area contributed by atoms with Gasteiger partial charge in [-0.25, -0.2) is 0 Å². The van der Waals surface area contributed by atoms with Gasteiger partial charge in [0, 0.05) is 84.8 Å². The van der Waals surface area contributed by atoms with Gasteiger partial charge in [0.15, 0.2) is 6.60 Å². The predicted molar refractivity (Wildman–Crippen MR) is 125 cm³/mol. The number of hydrogen-bond donors (Lipinski definition) is 0. The molecule has 0 saturated carbocycles. The fraction of sp³-hybridized carbons (Fsp3) is 0.700. The first-order valence-electron chi connectivity index (χ1n) is 8.83. The molecule has 12 radical (unpaired) electrons. The Morgan fingerprint density at radius 1 is 1.08 bits per heavy atom. The Bertz CT molecular complexity index is 440. The SMILES string of the molecule is [B]B([B])B(B([B])[B])B(B([B])[B])B1C=C1SCCCCCC(=O)OCC. The molecule has 110 valence electrons. The van der Waals surface area contributed by atoms with Gasteiger partial charge in [0.25, 0.3) is 0 Å². The molecule has 0 fully saturated rings. The van der Waals surface area contributed by atoms with Crippen molar-refractivity contribution in [1.82, 2.24) is 0 Å². The van der Waals surface area contributed by atoms with Crippen LogP contribution in [0.3, 0.4) is 0 Å². The van der Waals surface area contributed by atoms with Gasteiger partial charge in [-0.15, -0.1) is 17.7 Å². The van der Waals surface area contributed by atoms with Crippen molar-refractivity contribution in [2.24, 2.45) is 0 Å². The van der Waals surface area contributed by atoms with Crippen LogP contribution >= 0.6 is 11.8 Å². The van der Waals surface area contributed by atoms with Crippen molar-refractivity contribution < 1.29 is 9.53 Å². The summed E-state index contributed by atoms with van der Waals surface area (Å²) < 4.78 is 4.90. The Hall–Kier alpha value is 0.339. The Labute approximate surface area is 167 Å². The van der Waals surface area contributed by atoms with E-state index in [2.05, 4.69) is 5.98 Å². The molecule has 1 aliphatic rings. The summed E-state index contributed by atoms with van der Waals surface area (Å²) in [5.74, 6) is 2.98. The molecule has 0 aromatic rings. The molecule has 1 rings (SSSR count). The zero-order valence-electron chi connectivity index (χ0n) is 15.0. The van der Waals surface area contributed by atoms with E-state index in [0.29, 0.717) is 13.0 Å². The average Bonchev–Trinajstić information content (AvgIpc) is 3.26. The largest absolute Gasteiger partial charge is 0.466 e. The van der Waals surface area contributed by atoms with Gasteiger partial charge in [-0.05, 0) is 25.5 Å². The van der Waals surface area contributed by atoms with E-state index in [1.165, 1.54) is 4.80 Å². The number of ether oxygens (including phenoxy) is 1. The average molecular weight is 330 g/mol. The summed E-state index contributed by atoms with van der Waals surface area (Å²) in [6.07, 6.45) is 0.943. The zero-order chi connectivity index (χ0) is 19.0. The van der Waals surface area contributed by atoms with E-state index in [-0.39, 0.29) is 25.3 Å². The molecular formula is C10H16B12O2S. The molecule has 2 nitrogen and oxygen atoms in total. The minimum atomic E-state index is -0.664. The van der Waals surface area contributed by atoms with E-state index < -0.39 is 19.2 Å². The predicted octanol–water partition coefficient (Wildman–Crippen LogP) is -1.83. The fourth-order valence-corrected chi connectivity index (χ4v) is 4.23. The minimum absolute atomic E-state index is 0.123. The standard InChI is InChI=1S/C10H16B12O2S/c1-2-24-10(23)6-4-3-5-7-25-9-8-17(9)21(18(11)12)22(19(13)14)20(15)16/h8H,2-7H2,1H3. The molecule has 0 aromatic carbocycles. The van der Waals surface area contributed by atoms with E-state index >= 15 is 0 Å². The van der Waals surface area contributed by atoms with Gasteiger partial charge in [0.1, 0.15) is 0 Å². The highest BCUT2D eigenvalue weighted by molar-refractivity contribution is 8.13. The van der Waals surface area contributed by atoms with Crippen LogP contribution < -0.4 is 0 Å². The fourth-order valence-electron chi connectivity index (χ4n) is 3.05. The van der Waals surface area contributed by atoms with E-state index in [0.717, 1.165) is 25.0 Å². The summed E-state index contributed by atoms with van der Waals surface area (Å²) in [6, 6.07) is 0. The lowest BCUT2D eigenvalue weighted by atomic mass is 8.50. The molecule has 0 atom stereocenters. The van der Waals surface area contributed by atoms with E-state index in [9.17, 15) is 4.79 Å². The summed E-state index contributed by atoms with van der Waals surface area (Å²) in [5.41, 5.74) is 0. The summed E-state index contributed by atoms with van der Waals surface area (Å²) >= 11 is 1.78. The van der Waals surface area contributed by atoms with Crippen molar-refractivity contribution >= 4 is 103 Å². The molecular weight excluding hydrogens is 314 g/mol. The maximum atomic E-state index is 11.2. The second-order valence-electron chi connectivity index (χ2n) is 6.45. The van der Waals surface area contributed by atoms with Crippen molar-refractivity contribution in [3.8, 4) is 0 Å². The van der Waals surface area contributed by atoms with Crippen LogP contribution in [0.4, 0.5) is 0 Å². The smallest absolute Gasteiger partial charge is 0.305 e. The molecule has 0 saturated heterocycles. The van der Waals surface area contributed by atoms with Crippen LogP contribution in [0.5, 0.6) is 0 Å². The Kier molecular flexibility index (Phi) is 11.2. The third-order valence-corrected chi connectivity index (χ3v) is 5.59. The zero-order valence-corrected chi connectivity index (χ0v) is 15.8. The van der Waals surface area contributed by atoms with Crippen molar-refractivity contribution in [3.63, 3.8) is 0 Å². The Morgan fingerprint density at radius 3 is 2.24 bits per heavy atom. The Balaban J connectivity index is 2.30. The normalized spacial score (nSPS) is 12.2. The molecule has 1 heterocycles. The first kappa shape index (κ1) is 23.4. The maximum Gasteiger partial charge on any atom is 0.305 e. The van der Waals surface area contributed by atoms with Crippen LogP contribution in [0.1, 0.15) is 32.6 Å². The van der Waals surface area contributed by atoms with E-state index in [1.807, 2.05) is 6.92 Å². The van der Waals surface area contributed by atoms with Crippen LogP contribution in [-0.2, 0) is 9.53 Å². The molecule has 25 heavy (non-hydrogen) atoms. The first-order chi connectivity index (χ1) is 11.8. The van der Waals surface area contributed by atoms with Crippen LogP contribution in [0, 0.1) is 0 Å². The summed E-state index contributed by atoms with van der Waals surface area (Å²) in [4.78, 5) is 12.5. The van der Waals surface area contributed by atoms with Gasteiger partial charge in [-0.3, -0.25) is 4.79 Å². The number of unbranched alkanes of at least 4 members (excludes halogenated alkanes) is 2. The molecule has 15 heteroatoms. The molecule has 1 aliphatic heterocycles. The molecule has 0 spiro atoms. The quantitative estimate of drug-likeness (QED) is 0.226. The first-order valence-corrected chi connectivity index (χ1v) is 9.81. The lowest BCUT2D eigenvalue weighted by molar-refractivity contribution is -0.143. The highest BCUT2D eigenvalue weighted by Crippen LogP contribution is 2.34. The summed E-state index contributed by atoms with van der Waals surface area (Å²) in [5, 5.41) is 0. The molecule has 0 bridgehead atoms. The van der Waals surface area contributed by atoms with E-state index in [1.54, 1.807) is 11.8 Å². The molecule has 0 N–H and O–H groups in total. The van der Waals surface area contributed by atoms with Crippen molar-refractivity contribution in [2.75, 3.05) is 12.4 Å². The number of carbonyl (C=O) groups is 1. The molecule has 0 unspecified atom stereocenters. The summed E-state index contributed by atoms with van der Waals surface area (Å²) in [7, 11) is 35.2. The number of thioether (sulfide) groups is 1. The van der Waals surface area contributed by atoms with Gasteiger partial charge in [-0.2, -0.15) is 0 Å². The van der Waals surface area contributed by atoms with E-state index in [4.69, 9.17) is 51.2 Å². The van der Waals surface area contributed by atoms with Crippen molar-refractivity contribution in [1.29, 1.82) is 0 Å². The number of esters is 1. The third kappa shape index (κ3) is 8.26. The van der Waals surface area contributed by atoms with Crippen molar-refractivity contribution in [3.05, 3.63) is 10.8 Å². The number of rotatable bonds is 13. The highest BCUT2D eigenvalue weighted by atomic mass is 32.2. The second kappa shape index (κ2) is 11.9. The molecule has 0 amide bonds. The maximum absolute atomic E-state index is 11.2. The van der Waals surface area contributed by atoms with Gasteiger partial charge in [0.2, 0.25) is 0 Å².